The van der Waals surface area contributed by atoms with Crippen LogP contribution in [-0.4, -0.2) is 75.5 Å². The van der Waals surface area contributed by atoms with Crippen molar-refractivity contribution in [1.82, 2.24) is 20.2 Å². The molecular formula is C36H48N6O7S2. The number of amides is 2. The van der Waals surface area contributed by atoms with Crippen LogP contribution in [0, 0.1) is 12.8 Å². The molecule has 1 aliphatic carbocycles. The smallest absolute Gasteiger partial charge is 0.268 e. The van der Waals surface area contributed by atoms with Gasteiger partial charge in [-0.15, -0.1) is 0 Å². The summed E-state index contributed by atoms with van der Waals surface area (Å²) >= 11 is 0. The van der Waals surface area contributed by atoms with Crippen LogP contribution in [0.4, 0.5) is 11.4 Å². The second-order valence-electron chi connectivity index (χ2n) is 13.8. The van der Waals surface area contributed by atoms with Gasteiger partial charge in [-0.25, -0.2) is 16.8 Å². The molecule has 0 radical (unpaired) electrons. The van der Waals surface area contributed by atoms with Crippen LogP contribution in [0.5, 0.6) is 0 Å². The molecule has 5 N–H and O–H groups in total. The van der Waals surface area contributed by atoms with E-state index in [1.807, 2.05) is 25.3 Å². The largest absolute Gasteiger partial charge is 0.377 e. The lowest BCUT2D eigenvalue weighted by Gasteiger charge is -2.26. The zero-order valence-corrected chi connectivity index (χ0v) is 31.1. The van der Waals surface area contributed by atoms with Gasteiger partial charge >= 0.3 is 0 Å². The molecule has 0 atom stereocenters. The highest BCUT2D eigenvalue weighted by Crippen LogP contribution is 2.34. The van der Waals surface area contributed by atoms with Gasteiger partial charge in [0.05, 0.1) is 37.3 Å². The van der Waals surface area contributed by atoms with Crippen molar-refractivity contribution in [1.29, 1.82) is 0 Å². The number of fused-ring (bicyclic) bond motifs is 2. The SMILES string of the molecule is CCCCS(=O)(=O)Nc1ccc2[nH]c(C(=O)NC3COC3)c(Cn3c(C(=O)NCC4CCC4)c(C)c4cc(NS(=O)(=O)CCCC)ccc43)c2c1. The topological polar surface area (TPSA) is 180 Å². The predicted octanol–water partition coefficient (Wildman–Crippen LogP) is 5.22. The number of hydrogen-bond donors (Lipinski definition) is 5. The first kappa shape index (κ1) is 36.7. The minimum Gasteiger partial charge on any atom is -0.377 e. The van der Waals surface area contributed by atoms with Crippen LogP contribution in [-0.2, 0) is 31.3 Å². The zero-order valence-electron chi connectivity index (χ0n) is 29.4. The van der Waals surface area contributed by atoms with Crippen LogP contribution in [0.15, 0.2) is 36.4 Å². The molecular weight excluding hydrogens is 693 g/mol. The Morgan fingerprint density at radius 2 is 1.51 bits per heavy atom. The summed E-state index contributed by atoms with van der Waals surface area (Å²) in [6, 6.07) is 10.2. The zero-order chi connectivity index (χ0) is 36.3. The van der Waals surface area contributed by atoms with Crippen LogP contribution in [0.3, 0.4) is 0 Å². The van der Waals surface area contributed by atoms with Gasteiger partial charge in [-0.3, -0.25) is 19.0 Å². The second kappa shape index (κ2) is 15.3. The van der Waals surface area contributed by atoms with Crippen molar-refractivity contribution in [3.05, 3.63) is 58.9 Å². The molecule has 4 aromatic rings. The maximum atomic E-state index is 14.0. The third-order valence-electron chi connectivity index (χ3n) is 9.81. The molecule has 1 aliphatic heterocycles. The predicted molar refractivity (Wildman–Crippen MR) is 200 cm³/mol. The van der Waals surface area contributed by atoms with E-state index in [1.54, 1.807) is 36.4 Å². The molecule has 276 valence electrons. The van der Waals surface area contributed by atoms with Gasteiger partial charge in [0.2, 0.25) is 20.0 Å². The van der Waals surface area contributed by atoms with Gasteiger partial charge < -0.3 is 24.9 Å². The Bertz CT molecular complexity index is 2150. The monoisotopic (exact) mass is 740 g/mol. The fourth-order valence-electron chi connectivity index (χ4n) is 6.59. The highest BCUT2D eigenvalue weighted by atomic mass is 32.2. The number of rotatable bonds is 17. The van der Waals surface area contributed by atoms with Crippen LogP contribution < -0.4 is 20.1 Å². The number of H-pyrrole nitrogens is 1. The summed E-state index contributed by atoms with van der Waals surface area (Å²) in [5, 5.41) is 7.44. The Hall–Kier alpha value is -4.08. The average Bonchev–Trinajstić information content (AvgIpc) is 3.53. The minimum absolute atomic E-state index is 0.00545. The lowest BCUT2D eigenvalue weighted by Crippen LogP contribution is -2.48. The van der Waals surface area contributed by atoms with E-state index in [0.29, 0.717) is 94.2 Å². The Labute approximate surface area is 299 Å². The standard InChI is InChI=1S/C36H48N6O7S2/c1-4-6-15-50(45,46)40-25-11-13-31-29(18-25)30(33(39-31)35(43)38-27-21-49-22-27)20-42-32-14-12-26(41-51(47,48)16-7-5-2)17-28(32)23(3)34(42)36(44)37-19-24-9-8-10-24/h11-14,17-18,24,27,39-41H,4-10,15-16,19-22H2,1-3H3,(H,37,44)(H,38,43). The quantitative estimate of drug-likeness (QED) is 0.0984. The minimum atomic E-state index is -3.60. The van der Waals surface area contributed by atoms with Gasteiger partial charge in [0.25, 0.3) is 11.8 Å². The number of nitrogens with one attached hydrogen (secondary N) is 5. The molecule has 0 unspecified atom stereocenters. The molecule has 0 bridgehead atoms. The maximum absolute atomic E-state index is 14.0. The van der Waals surface area contributed by atoms with Gasteiger partial charge in [0.1, 0.15) is 11.4 Å². The Morgan fingerprint density at radius 1 is 0.882 bits per heavy atom. The van der Waals surface area contributed by atoms with E-state index in [4.69, 9.17) is 4.74 Å². The van der Waals surface area contributed by atoms with Crippen molar-refractivity contribution in [2.75, 3.05) is 40.7 Å². The summed E-state index contributed by atoms with van der Waals surface area (Å²) in [5.74, 6) is -0.181. The molecule has 2 amide bonds. The molecule has 13 nitrogen and oxygen atoms in total. The first-order valence-corrected chi connectivity index (χ1v) is 21.1. The lowest BCUT2D eigenvalue weighted by atomic mass is 9.85. The van der Waals surface area contributed by atoms with Gasteiger partial charge in [0.15, 0.2) is 0 Å². The summed E-state index contributed by atoms with van der Waals surface area (Å²) in [6.45, 7) is 7.15. The number of carbonyl (C=O) groups excluding carboxylic acids is 2. The Kier molecular flexibility index (Phi) is 11.0. The van der Waals surface area contributed by atoms with E-state index in [2.05, 4.69) is 25.1 Å². The van der Waals surface area contributed by atoms with Gasteiger partial charge in [-0.2, -0.15) is 0 Å². The number of aryl methyl sites for hydroxylation is 1. The van der Waals surface area contributed by atoms with Crippen LogP contribution in [0.25, 0.3) is 21.8 Å². The lowest BCUT2D eigenvalue weighted by molar-refractivity contribution is -0.00355. The molecule has 2 aromatic carbocycles. The van der Waals surface area contributed by atoms with Crippen LogP contribution in [0.1, 0.15) is 90.9 Å². The fraction of sp³-hybridized carbons (Fsp3) is 0.500. The molecule has 2 aromatic heterocycles. The number of unbranched alkanes of at least 4 members (excludes halogenated alkanes) is 2. The summed E-state index contributed by atoms with van der Waals surface area (Å²) in [6.07, 6.45) is 5.81. The van der Waals surface area contributed by atoms with E-state index in [-0.39, 0.29) is 35.9 Å². The molecule has 1 saturated carbocycles. The van der Waals surface area contributed by atoms with E-state index in [9.17, 15) is 26.4 Å². The fourth-order valence-corrected chi connectivity index (χ4v) is 9.11. The number of aromatic nitrogens is 2. The molecule has 51 heavy (non-hydrogen) atoms. The summed E-state index contributed by atoms with van der Waals surface area (Å²) in [4.78, 5) is 31.0. The van der Waals surface area contributed by atoms with Crippen LogP contribution >= 0.6 is 0 Å². The number of nitrogens with zero attached hydrogens (tertiary/aromatic N) is 1. The first-order chi connectivity index (χ1) is 24.4. The highest BCUT2D eigenvalue weighted by Gasteiger charge is 2.28. The van der Waals surface area contributed by atoms with E-state index >= 15 is 0 Å². The average molecular weight is 741 g/mol. The van der Waals surface area contributed by atoms with Gasteiger partial charge in [-0.1, -0.05) is 33.1 Å². The first-order valence-electron chi connectivity index (χ1n) is 17.8. The van der Waals surface area contributed by atoms with Gasteiger partial charge in [0, 0.05) is 45.3 Å². The van der Waals surface area contributed by atoms with Crippen molar-refractivity contribution >= 4 is 65.0 Å². The Morgan fingerprint density at radius 3 is 2.08 bits per heavy atom. The Balaban J connectivity index is 1.45. The number of aromatic amines is 1. The molecule has 15 heteroatoms. The molecule has 0 spiro atoms. The number of sulfonamides is 2. The van der Waals surface area contributed by atoms with Crippen molar-refractivity contribution in [3.8, 4) is 0 Å². The molecule has 2 fully saturated rings. The maximum Gasteiger partial charge on any atom is 0.268 e. The van der Waals surface area contributed by atoms with Gasteiger partial charge in [-0.05, 0) is 80.5 Å². The number of anilines is 2. The van der Waals surface area contributed by atoms with E-state index in [0.717, 1.165) is 32.1 Å². The summed E-state index contributed by atoms with van der Waals surface area (Å²) in [5.41, 5.74) is 4.02. The van der Waals surface area contributed by atoms with Crippen LogP contribution in [0.2, 0.25) is 0 Å². The highest BCUT2D eigenvalue weighted by molar-refractivity contribution is 7.92. The van der Waals surface area contributed by atoms with Crippen molar-refractivity contribution in [3.63, 3.8) is 0 Å². The molecule has 2 aliphatic rings. The number of benzene rings is 2. The van der Waals surface area contributed by atoms with Crippen molar-refractivity contribution in [2.24, 2.45) is 5.92 Å². The third-order valence-corrected chi connectivity index (χ3v) is 12.6. The van der Waals surface area contributed by atoms with E-state index < -0.39 is 20.0 Å². The summed E-state index contributed by atoms with van der Waals surface area (Å²) < 4.78 is 63.7. The van der Waals surface area contributed by atoms with E-state index in [1.165, 1.54) is 0 Å². The number of hydrogen-bond acceptors (Lipinski definition) is 7. The third kappa shape index (κ3) is 8.36. The number of ether oxygens (including phenoxy) is 1. The van der Waals surface area contributed by atoms with Crippen molar-refractivity contribution < 1.29 is 31.2 Å². The van der Waals surface area contributed by atoms with Crippen molar-refractivity contribution in [2.45, 2.75) is 78.3 Å². The molecule has 3 heterocycles. The summed E-state index contributed by atoms with van der Waals surface area (Å²) in [7, 11) is -7.16. The molecule has 6 rings (SSSR count). The second-order valence-corrected chi connectivity index (χ2v) is 17.5. The number of carbonyl (C=O) groups is 2. The molecule has 1 saturated heterocycles. The normalized spacial score (nSPS) is 15.4.